The molecule has 0 spiro atoms. The van der Waals surface area contributed by atoms with Crippen molar-refractivity contribution in [2.24, 2.45) is 4.99 Å². The van der Waals surface area contributed by atoms with Crippen molar-refractivity contribution in [3.8, 4) is 5.75 Å². The van der Waals surface area contributed by atoms with E-state index in [1.807, 2.05) is 0 Å². The number of methoxy groups -OCH3 is 1. The number of fused-ring (bicyclic) bond motifs is 1. The van der Waals surface area contributed by atoms with Crippen LogP contribution in [-0.4, -0.2) is 56.5 Å². The minimum absolute atomic E-state index is 0.0590. The lowest BCUT2D eigenvalue weighted by atomic mass is 10.1. The third-order valence-corrected chi connectivity index (χ3v) is 7.32. The zero-order chi connectivity index (χ0) is 26.3. The van der Waals surface area contributed by atoms with E-state index in [2.05, 4.69) is 10.1 Å². The fourth-order valence-corrected chi connectivity index (χ4v) is 5.48. The quantitative estimate of drug-likeness (QED) is 0.481. The molecule has 5 rings (SSSR count). The van der Waals surface area contributed by atoms with Gasteiger partial charge in [-0.1, -0.05) is 12.1 Å². The van der Waals surface area contributed by atoms with E-state index >= 15 is 0 Å². The summed E-state index contributed by atoms with van der Waals surface area (Å²) < 4.78 is 47.3. The number of hydrogen-bond acceptors (Lipinski definition) is 6. The number of rotatable bonds is 5. The zero-order valence-electron chi connectivity index (χ0n) is 19.5. The van der Waals surface area contributed by atoms with Crippen molar-refractivity contribution in [1.29, 1.82) is 0 Å². The van der Waals surface area contributed by atoms with Crippen LogP contribution in [0.4, 0.5) is 13.2 Å². The van der Waals surface area contributed by atoms with Gasteiger partial charge in [0.05, 0.1) is 35.8 Å². The molecular formula is C25H21F3N4O4S. The standard InChI is InChI=1S/C25H21F3N4O4S/c1-36-17-6-5-15(18(11-17)25(26,27)28)13-32-19-7-4-14(9-16(19)12-29-32)10-21-22(33)30-24(37-21)31-8-2-3-20(31)23(34)35/h4-7,9-12,20H,2-3,8,13H2,1H3,(H,34,35)/b21-10-/t20-/m1/s1. The van der Waals surface area contributed by atoms with Crippen LogP contribution in [0.2, 0.25) is 0 Å². The largest absolute Gasteiger partial charge is 0.497 e. The smallest absolute Gasteiger partial charge is 0.416 e. The van der Waals surface area contributed by atoms with Gasteiger partial charge in [0.1, 0.15) is 11.8 Å². The molecule has 1 N–H and O–H groups in total. The number of aliphatic carboxylic acids is 1. The van der Waals surface area contributed by atoms with Crippen LogP contribution in [0.1, 0.15) is 29.5 Å². The molecule has 1 atom stereocenters. The highest BCUT2D eigenvalue weighted by atomic mass is 32.2. The second-order valence-corrected chi connectivity index (χ2v) is 9.65. The molecule has 3 heterocycles. The molecule has 0 radical (unpaired) electrons. The molecule has 1 fully saturated rings. The van der Waals surface area contributed by atoms with Crippen LogP contribution in [-0.2, 0) is 22.3 Å². The number of alkyl halides is 3. The van der Waals surface area contributed by atoms with E-state index < -0.39 is 29.7 Å². The molecule has 37 heavy (non-hydrogen) atoms. The van der Waals surface area contributed by atoms with Gasteiger partial charge in [-0.15, -0.1) is 0 Å². The number of carbonyl (C=O) groups is 2. The maximum Gasteiger partial charge on any atom is 0.416 e. The molecule has 0 unspecified atom stereocenters. The molecular weight excluding hydrogens is 509 g/mol. The Kier molecular flexibility index (Phi) is 6.44. The van der Waals surface area contributed by atoms with E-state index in [0.29, 0.717) is 45.9 Å². The summed E-state index contributed by atoms with van der Waals surface area (Å²) in [7, 11) is 1.31. The molecule has 8 nitrogen and oxygen atoms in total. The summed E-state index contributed by atoms with van der Waals surface area (Å²) in [6.07, 6.45) is -0.105. The van der Waals surface area contributed by atoms with Crippen LogP contribution in [0.5, 0.6) is 5.75 Å². The van der Waals surface area contributed by atoms with Crippen molar-refractivity contribution in [3.05, 3.63) is 64.2 Å². The summed E-state index contributed by atoms with van der Waals surface area (Å²) in [4.78, 5) is 30.0. The second-order valence-electron chi connectivity index (χ2n) is 8.64. The molecule has 1 saturated heterocycles. The lowest BCUT2D eigenvalue weighted by molar-refractivity contribution is -0.141. The molecule has 192 valence electrons. The predicted molar refractivity (Wildman–Crippen MR) is 132 cm³/mol. The van der Waals surface area contributed by atoms with Crippen LogP contribution < -0.4 is 4.74 Å². The van der Waals surface area contributed by atoms with E-state index in [-0.39, 0.29) is 17.9 Å². The third kappa shape index (κ3) is 4.93. The van der Waals surface area contributed by atoms with Gasteiger partial charge in [0.25, 0.3) is 5.91 Å². The van der Waals surface area contributed by atoms with Crippen molar-refractivity contribution < 1.29 is 32.6 Å². The second kappa shape index (κ2) is 9.58. The highest BCUT2D eigenvalue weighted by molar-refractivity contribution is 8.18. The van der Waals surface area contributed by atoms with Crippen LogP contribution in [0.25, 0.3) is 17.0 Å². The van der Waals surface area contributed by atoms with Crippen molar-refractivity contribution in [1.82, 2.24) is 14.7 Å². The molecule has 1 aromatic heterocycles. The summed E-state index contributed by atoms with van der Waals surface area (Å²) in [5.41, 5.74) is 0.599. The molecule has 0 bridgehead atoms. The van der Waals surface area contributed by atoms with Crippen LogP contribution in [0.3, 0.4) is 0 Å². The van der Waals surface area contributed by atoms with Crippen LogP contribution >= 0.6 is 11.8 Å². The van der Waals surface area contributed by atoms with E-state index in [1.54, 1.807) is 35.4 Å². The van der Waals surface area contributed by atoms with E-state index in [9.17, 15) is 27.9 Å². The maximum atomic E-state index is 13.6. The average molecular weight is 531 g/mol. The first-order valence-electron chi connectivity index (χ1n) is 11.4. The highest BCUT2D eigenvalue weighted by Gasteiger charge is 2.37. The number of hydrogen-bond donors (Lipinski definition) is 1. The number of halogens is 3. The highest BCUT2D eigenvalue weighted by Crippen LogP contribution is 2.36. The number of carbonyl (C=O) groups excluding carboxylic acids is 1. The van der Waals surface area contributed by atoms with Gasteiger partial charge in [0.15, 0.2) is 5.17 Å². The van der Waals surface area contributed by atoms with Gasteiger partial charge in [0, 0.05) is 11.9 Å². The predicted octanol–water partition coefficient (Wildman–Crippen LogP) is 4.63. The number of benzene rings is 2. The van der Waals surface area contributed by atoms with Gasteiger partial charge in [0.2, 0.25) is 0 Å². The van der Waals surface area contributed by atoms with E-state index in [0.717, 1.165) is 17.8 Å². The summed E-state index contributed by atoms with van der Waals surface area (Å²) in [5, 5.41) is 14.8. The lowest BCUT2D eigenvalue weighted by Crippen LogP contribution is -2.38. The first-order valence-corrected chi connectivity index (χ1v) is 12.2. The number of carboxylic acids is 1. The number of carboxylic acid groups (broad SMARTS) is 1. The topological polar surface area (TPSA) is 97.0 Å². The number of nitrogens with zero attached hydrogens (tertiary/aromatic N) is 4. The molecule has 2 aliphatic rings. The molecule has 2 aromatic carbocycles. The van der Waals surface area contributed by atoms with Gasteiger partial charge >= 0.3 is 12.1 Å². The molecule has 3 aromatic rings. The lowest BCUT2D eigenvalue weighted by Gasteiger charge is -2.21. The number of aromatic nitrogens is 2. The maximum absolute atomic E-state index is 13.6. The first kappa shape index (κ1) is 24.9. The first-order chi connectivity index (χ1) is 17.6. The Labute approximate surface area is 213 Å². The summed E-state index contributed by atoms with van der Waals surface area (Å²) >= 11 is 1.14. The van der Waals surface area contributed by atoms with Crippen molar-refractivity contribution in [2.75, 3.05) is 13.7 Å². The van der Waals surface area contributed by atoms with Crippen molar-refractivity contribution in [2.45, 2.75) is 31.6 Å². The summed E-state index contributed by atoms with van der Waals surface area (Å²) in [5.74, 6) is -1.26. The number of ether oxygens (including phenoxy) is 1. The van der Waals surface area contributed by atoms with Crippen LogP contribution in [0.15, 0.2) is 52.5 Å². The minimum Gasteiger partial charge on any atom is -0.497 e. The molecule has 0 aliphatic carbocycles. The van der Waals surface area contributed by atoms with E-state index in [4.69, 9.17) is 4.74 Å². The zero-order valence-corrected chi connectivity index (χ0v) is 20.3. The molecule has 0 saturated carbocycles. The number of amidine groups is 1. The molecule has 2 aliphatic heterocycles. The fraction of sp³-hybridized carbons (Fsp3) is 0.280. The van der Waals surface area contributed by atoms with Crippen molar-refractivity contribution >= 4 is 45.8 Å². The van der Waals surface area contributed by atoms with Crippen LogP contribution in [0, 0.1) is 0 Å². The van der Waals surface area contributed by atoms with Gasteiger partial charge in [-0.3, -0.25) is 9.48 Å². The fourth-order valence-electron chi connectivity index (χ4n) is 4.49. The van der Waals surface area contributed by atoms with Gasteiger partial charge < -0.3 is 14.7 Å². The Morgan fingerprint density at radius 1 is 1.27 bits per heavy atom. The Morgan fingerprint density at radius 3 is 2.81 bits per heavy atom. The average Bonchev–Trinajstić information content (AvgIpc) is 3.58. The summed E-state index contributed by atoms with van der Waals surface area (Å²) in [6, 6.07) is 8.40. The Bertz CT molecular complexity index is 1460. The Morgan fingerprint density at radius 2 is 2.08 bits per heavy atom. The molecule has 1 amide bonds. The summed E-state index contributed by atoms with van der Waals surface area (Å²) in [6.45, 7) is 0.438. The molecule has 12 heteroatoms. The Balaban J connectivity index is 1.37. The number of amides is 1. The van der Waals surface area contributed by atoms with Gasteiger partial charge in [-0.05, 0) is 66.1 Å². The van der Waals surface area contributed by atoms with Gasteiger partial charge in [-0.25, -0.2) is 4.79 Å². The number of thioether (sulfide) groups is 1. The third-order valence-electron chi connectivity index (χ3n) is 6.30. The number of aliphatic imine (C=N–C) groups is 1. The van der Waals surface area contributed by atoms with Crippen molar-refractivity contribution in [3.63, 3.8) is 0 Å². The number of likely N-dealkylation sites (tertiary alicyclic amines) is 1. The van der Waals surface area contributed by atoms with E-state index in [1.165, 1.54) is 23.9 Å². The normalized spacial score (nSPS) is 19.2. The Hall–Kier alpha value is -3.80. The van der Waals surface area contributed by atoms with Gasteiger partial charge in [-0.2, -0.15) is 23.3 Å². The SMILES string of the molecule is COc1ccc(Cn2ncc3cc(/C=C4\SC(N5CCC[C@@H]5C(=O)O)=NC4=O)ccc32)c(C(F)(F)F)c1. The minimum atomic E-state index is -4.54. The monoisotopic (exact) mass is 530 g/mol.